The molecule has 0 aliphatic rings. The van der Waals surface area contributed by atoms with Gasteiger partial charge < -0.3 is 4.74 Å². The van der Waals surface area contributed by atoms with Gasteiger partial charge in [0.15, 0.2) is 0 Å². The minimum absolute atomic E-state index is 0.0279. The maximum absolute atomic E-state index is 11.6. The van der Waals surface area contributed by atoms with E-state index in [2.05, 4.69) is 4.74 Å². The third-order valence-electron chi connectivity index (χ3n) is 0.986. The summed E-state index contributed by atoms with van der Waals surface area (Å²) >= 11 is 0. The highest BCUT2D eigenvalue weighted by atomic mass is 19.4. The lowest BCUT2D eigenvalue weighted by atomic mass is 10.3. The predicted molar refractivity (Wildman–Crippen MR) is 36.4 cm³/mol. The number of allylic oxidation sites excluding steroid dienone is 2. The molecule has 0 radical (unpaired) electrons. The van der Waals surface area contributed by atoms with E-state index in [4.69, 9.17) is 0 Å². The second-order valence-electron chi connectivity index (χ2n) is 2.05. The molecule has 0 spiro atoms. The lowest BCUT2D eigenvalue weighted by Crippen LogP contribution is -2.20. The van der Waals surface area contributed by atoms with Gasteiger partial charge in [-0.25, -0.2) is 0 Å². The monoisotopic (exact) mass is 182 g/mol. The molecule has 0 aromatic heterocycles. The van der Waals surface area contributed by atoms with Crippen molar-refractivity contribution in [2.45, 2.75) is 20.0 Å². The Hall–Kier alpha value is -1.00. The number of alkyl halides is 3. The Bertz CT molecular complexity index is 193. The Morgan fingerprint density at radius 2 is 2.00 bits per heavy atom. The van der Waals surface area contributed by atoms with Gasteiger partial charge in [-0.1, -0.05) is 0 Å². The Balaban J connectivity index is 4.24. The van der Waals surface area contributed by atoms with Crippen molar-refractivity contribution in [1.29, 1.82) is 0 Å². The molecule has 70 valence electrons. The van der Waals surface area contributed by atoms with Gasteiger partial charge in [0, 0.05) is 6.08 Å². The summed E-state index contributed by atoms with van der Waals surface area (Å²) in [6, 6.07) is 0. The first-order chi connectivity index (χ1) is 5.38. The van der Waals surface area contributed by atoms with E-state index in [0.29, 0.717) is 6.08 Å². The number of carbonyl (C=O) groups excluding carboxylic acids is 1. The zero-order valence-electron chi connectivity index (χ0n) is 6.73. The molecule has 0 saturated carbocycles. The molecule has 0 unspecified atom stereocenters. The van der Waals surface area contributed by atoms with E-state index in [-0.39, 0.29) is 12.4 Å². The number of rotatable bonds is 3. The standard InChI is InChI=1S/C7H9F3O2/c1-3-12-5(2)4-6(11)7(8,9)10/h4H,3H2,1-2H3/b5-4-. The number of carbonyl (C=O) groups is 1. The molecular formula is C7H9F3O2. The van der Waals surface area contributed by atoms with Crippen LogP contribution in [0.15, 0.2) is 11.8 Å². The Morgan fingerprint density at radius 3 is 2.33 bits per heavy atom. The molecule has 0 fully saturated rings. The first-order valence-electron chi connectivity index (χ1n) is 3.30. The van der Waals surface area contributed by atoms with Crippen molar-refractivity contribution in [2.24, 2.45) is 0 Å². The first-order valence-corrected chi connectivity index (χ1v) is 3.30. The minimum Gasteiger partial charge on any atom is -0.498 e. The minimum atomic E-state index is -4.81. The maximum atomic E-state index is 11.6. The van der Waals surface area contributed by atoms with Gasteiger partial charge in [-0.2, -0.15) is 13.2 Å². The molecule has 0 aliphatic heterocycles. The lowest BCUT2D eigenvalue weighted by molar-refractivity contribution is -0.165. The molecule has 0 saturated heterocycles. The molecule has 5 heteroatoms. The smallest absolute Gasteiger partial charge is 0.454 e. The van der Waals surface area contributed by atoms with Crippen LogP contribution >= 0.6 is 0 Å². The fourth-order valence-corrected chi connectivity index (χ4v) is 0.536. The van der Waals surface area contributed by atoms with Crippen molar-refractivity contribution in [2.75, 3.05) is 6.61 Å². The van der Waals surface area contributed by atoms with Crippen LogP contribution < -0.4 is 0 Å². The summed E-state index contributed by atoms with van der Waals surface area (Å²) in [5, 5.41) is 0. The molecule has 0 aliphatic carbocycles. The second kappa shape index (κ2) is 4.13. The molecule has 2 nitrogen and oxygen atoms in total. The van der Waals surface area contributed by atoms with Gasteiger partial charge >= 0.3 is 6.18 Å². The van der Waals surface area contributed by atoms with E-state index in [1.165, 1.54) is 6.92 Å². The number of halogens is 3. The van der Waals surface area contributed by atoms with Gasteiger partial charge in [-0.05, 0) is 13.8 Å². The highest BCUT2D eigenvalue weighted by molar-refractivity contribution is 5.94. The molecule has 0 aromatic rings. The van der Waals surface area contributed by atoms with Gasteiger partial charge in [0.05, 0.1) is 12.4 Å². The fourth-order valence-electron chi connectivity index (χ4n) is 0.536. The van der Waals surface area contributed by atoms with Crippen molar-refractivity contribution < 1.29 is 22.7 Å². The quantitative estimate of drug-likeness (QED) is 0.493. The van der Waals surface area contributed by atoms with E-state index >= 15 is 0 Å². The van der Waals surface area contributed by atoms with Crippen LogP contribution in [0.1, 0.15) is 13.8 Å². The van der Waals surface area contributed by atoms with Crippen LogP contribution in [0.4, 0.5) is 13.2 Å². The van der Waals surface area contributed by atoms with Crippen LogP contribution in [-0.2, 0) is 9.53 Å². The van der Waals surface area contributed by atoms with Crippen LogP contribution in [-0.4, -0.2) is 18.6 Å². The van der Waals surface area contributed by atoms with Gasteiger partial charge in [0.1, 0.15) is 0 Å². The summed E-state index contributed by atoms with van der Waals surface area (Å²) in [6.45, 7) is 3.16. The van der Waals surface area contributed by atoms with Crippen molar-refractivity contribution >= 4 is 5.78 Å². The number of hydrogen-bond acceptors (Lipinski definition) is 2. The summed E-state index contributed by atoms with van der Waals surface area (Å²) in [5.74, 6) is -1.92. The largest absolute Gasteiger partial charge is 0.498 e. The highest BCUT2D eigenvalue weighted by Gasteiger charge is 2.36. The molecule has 12 heavy (non-hydrogen) atoms. The summed E-state index contributed by atoms with van der Waals surface area (Å²) < 4.78 is 39.4. The average molecular weight is 182 g/mol. The fraction of sp³-hybridized carbons (Fsp3) is 0.571. The summed E-state index contributed by atoms with van der Waals surface area (Å²) in [7, 11) is 0. The molecule has 0 atom stereocenters. The Kier molecular flexibility index (Phi) is 3.79. The third-order valence-corrected chi connectivity index (χ3v) is 0.986. The third kappa shape index (κ3) is 4.00. The zero-order valence-corrected chi connectivity index (χ0v) is 6.73. The number of hydrogen-bond donors (Lipinski definition) is 0. The zero-order chi connectivity index (χ0) is 9.78. The normalized spacial score (nSPS) is 12.9. The SMILES string of the molecule is CCO/C(C)=C\C(=O)C(F)(F)F. The van der Waals surface area contributed by atoms with Gasteiger partial charge in [-0.15, -0.1) is 0 Å². The highest BCUT2D eigenvalue weighted by Crippen LogP contribution is 2.17. The molecule has 0 aromatic carbocycles. The summed E-state index contributed by atoms with van der Waals surface area (Å²) in [4.78, 5) is 10.3. The van der Waals surface area contributed by atoms with Crippen molar-refractivity contribution in [3.8, 4) is 0 Å². The lowest BCUT2D eigenvalue weighted by Gasteiger charge is -2.03. The van der Waals surface area contributed by atoms with E-state index < -0.39 is 12.0 Å². The van der Waals surface area contributed by atoms with Crippen LogP contribution in [0.3, 0.4) is 0 Å². The van der Waals surface area contributed by atoms with E-state index in [1.807, 2.05) is 0 Å². The maximum Gasteiger partial charge on any atom is 0.454 e. The number of ketones is 1. The molecule has 0 heterocycles. The van der Waals surface area contributed by atoms with E-state index in [9.17, 15) is 18.0 Å². The van der Waals surface area contributed by atoms with Gasteiger partial charge in [0.2, 0.25) is 0 Å². The van der Waals surface area contributed by atoms with Crippen molar-refractivity contribution in [3.05, 3.63) is 11.8 Å². The molecule has 0 N–H and O–H groups in total. The van der Waals surface area contributed by atoms with Crippen LogP contribution in [0.25, 0.3) is 0 Å². The van der Waals surface area contributed by atoms with Gasteiger partial charge in [0.25, 0.3) is 5.78 Å². The van der Waals surface area contributed by atoms with Crippen LogP contribution in [0, 0.1) is 0 Å². The predicted octanol–water partition coefficient (Wildman–Crippen LogP) is 2.06. The topological polar surface area (TPSA) is 26.3 Å². The van der Waals surface area contributed by atoms with E-state index in [1.54, 1.807) is 6.92 Å². The number of ether oxygens (including phenoxy) is 1. The summed E-state index contributed by atoms with van der Waals surface area (Å²) in [6.07, 6.45) is -4.37. The van der Waals surface area contributed by atoms with Crippen molar-refractivity contribution in [3.63, 3.8) is 0 Å². The van der Waals surface area contributed by atoms with Crippen molar-refractivity contribution in [1.82, 2.24) is 0 Å². The molecule has 0 rings (SSSR count). The van der Waals surface area contributed by atoms with E-state index in [0.717, 1.165) is 0 Å². The Morgan fingerprint density at radius 1 is 1.50 bits per heavy atom. The molecular weight excluding hydrogens is 173 g/mol. The van der Waals surface area contributed by atoms with Crippen LogP contribution in [0.5, 0.6) is 0 Å². The average Bonchev–Trinajstić information content (AvgIpc) is 1.85. The first kappa shape index (κ1) is 11.0. The summed E-state index contributed by atoms with van der Waals surface area (Å²) in [5.41, 5.74) is 0. The van der Waals surface area contributed by atoms with Gasteiger partial charge in [-0.3, -0.25) is 4.79 Å². The molecule has 0 bridgehead atoms. The second-order valence-corrected chi connectivity index (χ2v) is 2.05. The Labute approximate surface area is 68.0 Å². The molecule has 0 amide bonds. The van der Waals surface area contributed by atoms with Crippen LogP contribution in [0.2, 0.25) is 0 Å².